The Morgan fingerprint density at radius 3 is 2.52 bits per heavy atom. The summed E-state index contributed by atoms with van der Waals surface area (Å²) < 4.78 is 33.5. The number of nitrogens with zero attached hydrogens (tertiary/aromatic N) is 2. The third-order valence-corrected chi connectivity index (χ3v) is 4.48. The van der Waals surface area contributed by atoms with Gasteiger partial charge >= 0.3 is 16.1 Å². The molecular formula is C15H21N2O3S+. The largest absolute Gasteiger partial charge is 0.472 e. The van der Waals surface area contributed by atoms with Crippen molar-refractivity contribution in [3.8, 4) is 6.01 Å². The smallest absolute Gasteiger partial charge is 0.305 e. The summed E-state index contributed by atoms with van der Waals surface area (Å²) in [4.78, 5) is 0.163. The average molecular weight is 309 g/mol. The summed E-state index contributed by atoms with van der Waals surface area (Å²) in [6.45, 7) is 4.73. The van der Waals surface area contributed by atoms with E-state index in [1.54, 1.807) is 42.1 Å². The van der Waals surface area contributed by atoms with E-state index in [4.69, 9.17) is 4.18 Å². The van der Waals surface area contributed by atoms with E-state index >= 15 is 0 Å². The predicted molar refractivity (Wildman–Crippen MR) is 79.5 cm³/mol. The second-order valence-corrected chi connectivity index (χ2v) is 6.64. The van der Waals surface area contributed by atoms with Crippen molar-refractivity contribution < 1.29 is 17.2 Å². The normalized spacial score (nSPS) is 11.6. The molecule has 0 saturated carbocycles. The lowest BCUT2D eigenvalue weighted by atomic mass is 10.2. The first-order valence-corrected chi connectivity index (χ1v) is 8.41. The van der Waals surface area contributed by atoms with Crippen LogP contribution >= 0.6 is 0 Å². The van der Waals surface area contributed by atoms with Crippen molar-refractivity contribution in [3.63, 3.8) is 0 Å². The number of imidazole rings is 1. The van der Waals surface area contributed by atoms with Gasteiger partial charge in [0, 0.05) is 0 Å². The van der Waals surface area contributed by atoms with Crippen LogP contribution < -0.4 is 8.75 Å². The van der Waals surface area contributed by atoms with Crippen molar-refractivity contribution in [2.24, 2.45) is 7.05 Å². The summed E-state index contributed by atoms with van der Waals surface area (Å²) in [5.41, 5.74) is 1.01. The first kappa shape index (κ1) is 15.6. The third kappa shape index (κ3) is 3.64. The molecule has 0 aliphatic carbocycles. The first-order valence-electron chi connectivity index (χ1n) is 7.00. The van der Waals surface area contributed by atoms with E-state index in [1.807, 2.05) is 17.7 Å². The monoisotopic (exact) mass is 309 g/mol. The number of unbranched alkanes of at least 4 members (excludes halogenated alkanes) is 1. The summed E-state index contributed by atoms with van der Waals surface area (Å²) in [7, 11) is -2.05. The molecule has 0 radical (unpaired) electrons. The van der Waals surface area contributed by atoms with Gasteiger partial charge in [-0.3, -0.25) is 0 Å². The van der Waals surface area contributed by atoms with Crippen LogP contribution in [-0.4, -0.2) is 13.0 Å². The molecule has 1 aromatic carbocycles. The van der Waals surface area contributed by atoms with Gasteiger partial charge < -0.3 is 4.18 Å². The SMILES string of the molecule is CCCCn1cc[n+](C)c1OS(=O)(=O)c1ccc(C)cc1. The summed E-state index contributed by atoms with van der Waals surface area (Å²) in [5, 5.41) is 0. The van der Waals surface area contributed by atoms with E-state index in [-0.39, 0.29) is 4.90 Å². The highest BCUT2D eigenvalue weighted by molar-refractivity contribution is 7.87. The molecule has 21 heavy (non-hydrogen) atoms. The second-order valence-electron chi connectivity index (χ2n) is 5.09. The molecule has 5 nitrogen and oxygen atoms in total. The van der Waals surface area contributed by atoms with Crippen LogP contribution in [0.5, 0.6) is 6.01 Å². The summed E-state index contributed by atoms with van der Waals surface area (Å²) in [6.07, 6.45) is 5.62. The van der Waals surface area contributed by atoms with Gasteiger partial charge in [-0.1, -0.05) is 31.0 Å². The molecule has 1 heterocycles. The molecule has 0 fully saturated rings. The molecule has 0 aliphatic heterocycles. The Morgan fingerprint density at radius 2 is 1.90 bits per heavy atom. The van der Waals surface area contributed by atoms with Crippen molar-refractivity contribution >= 4 is 10.1 Å². The van der Waals surface area contributed by atoms with Gasteiger partial charge in [-0.25, -0.2) is 0 Å². The molecule has 0 aliphatic rings. The Morgan fingerprint density at radius 1 is 1.24 bits per heavy atom. The number of rotatable bonds is 6. The average Bonchev–Trinajstić information content (AvgIpc) is 2.77. The first-order chi connectivity index (χ1) is 9.94. The van der Waals surface area contributed by atoms with Gasteiger partial charge in [-0.15, -0.1) is 0 Å². The minimum atomic E-state index is -3.81. The quantitative estimate of drug-likeness (QED) is 0.607. The van der Waals surface area contributed by atoms with Gasteiger partial charge in [0.15, 0.2) is 0 Å². The molecule has 0 N–H and O–H groups in total. The van der Waals surface area contributed by atoms with E-state index in [0.717, 1.165) is 24.9 Å². The van der Waals surface area contributed by atoms with Crippen molar-refractivity contribution in [2.45, 2.75) is 38.1 Å². The van der Waals surface area contributed by atoms with Crippen molar-refractivity contribution in [1.29, 1.82) is 0 Å². The zero-order valence-electron chi connectivity index (χ0n) is 12.6. The molecule has 2 rings (SSSR count). The van der Waals surface area contributed by atoms with Gasteiger partial charge in [-0.2, -0.15) is 17.6 Å². The number of hydrogen-bond acceptors (Lipinski definition) is 3. The number of hydrogen-bond donors (Lipinski definition) is 0. The van der Waals surface area contributed by atoms with Crippen LogP contribution in [0.1, 0.15) is 25.3 Å². The van der Waals surface area contributed by atoms with Crippen LogP contribution in [0.15, 0.2) is 41.6 Å². The van der Waals surface area contributed by atoms with Crippen LogP contribution in [0.2, 0.25) is 0 Å². The maximum absolute atomic E-state index is 12.3. The van der Waals surface area contributed by atoms with E-state index in [0.29, 0.717) is 6.01 Å². The number of aryl methyl sites for hydroxylation is 3. The Hall–Kier alpha value is -1.82. The van der Waals surface area contributed by atoms with E-state index in [2.05, 4.69) is 6.92 Å². The molecule has 0 atom stereocenters. The fourth-order valence-corrected chi connectivity index (χ4v) is 2.94. The molecule has 0 amide bonds. The van der Waals surface area contributed by atoms with Gasteiger partial charge in [0.2, 0.25) is 0 Å². The molecule has 0 spiro atoms. The fourth-order valence-electron chi connectivity index (χ4n) is 1.97. The standard InChI is InChI=1S/C15H21N2O3S/c1-4-5-10-17-12-11-16(3)15(17)20-21(18,19)14-8-6-13(2)7-9-14/h6-9,11-12H,4-5,10H2,1-3H3/q+1. The molecule has 2 aromatic rings. The number of benzene rings is 1. The number of aromatic nitrogens is 2. The maximum atomic E-state index is 12.3. The Bertz CT molecular complexity index is 703. The highest BCUT2D eigenvalue weighted by Crippen LogP contribution is 2.17. The highest BCUT2D eigenvalue weighted by atomic mass is 32.2. The van der Waals surface area contributed by atoms with Gasteiger partial charge in [-0.05, 0) is 25.5 Å². The zero-order valence-corrected chi connectivity index (χ0v) is 13.4. The van der Waals surface area contributed by atoms with Gasteiger partial charge in [0.25, 0.3) is 0 Å². The van der Waals surface area contributed by atoms with Gasteiger partial charge in [0.1, 0.15) is 17.3 Å². The molecule has 6 heteroatoms. The third-order valence-electron chi connectivity index (χ3n) is 3.26. The van der Waals surface area contributed by atoms with E-state index in [9.17, 15) is 8.42 Å². The van der Waals surface area contributed by atoms with Crippen LogP contribution in [0.3, 0.4) is 0 Å². The molecule has 0 unspecified atom stereocenters. The van der Waals surface area contributed by atoms with Gasteiger partial charge in [0.05, 0.1) is 13.6 Å². The van der Waals surface area contributed by atoms with Crippen LogP contribution in [0.25, 0.3) is 0 Å². The Balaban J connectivity index is 2.28. The maximum Gasteiger partial charge on any atom is 0.472 e. The van der Waals surface area contributed by atoms with Crippen molar-refractivity contribution in [1.82, 2.24) is 4.57 Å². The van der Waals surface area contributed by atoms with Crippen LogP contribution in [-0.2, 0) is 23.7 Å². The minimum absolute atomic E-state index is 0.163. The van der Waals surface area contributed by atoms with E-state index < -0.39 is 10.1 Å². The molecule has 1 aromatic heterocycles. The molecule has 114 valence electrons. The van der Waals surface area contributed by atoms with Crippen molar-refractivity contribution in [2.75, 3.05) is 0 Å². The van der Waals surface area contributed by atoms with Crippen molar-refractivity contribution in [3.05, 3.63) is 42.2 Å². The molecule has 0 saturated heterocycles. The summed E-state index contributed by atoms with van der Waals surface area (Å²) in [5.74, 6) is 0. The molecular weight excluding hydrogens is 288 g/mol. The van der Waals surface area contributed by atoms with Crippen LogP contribution in [0.4, 0.5) is 0 Å². The topological polar surface area (TPSA) is 52.2 Å². The second kappa shape index (κ2) is 6.30. The lowest BCUT2D eigenvalue weighted by Crippen LogP contribution is -2.31. The molecule has 0 bridgehead atoms. The van der Waals surface area contributed by atoms with E-state index in [1.165, 1.54) is 0 Å². The van der Waals surface area contributed by atoms with Crippen LogP contribution in [0, 0.1) is 6.92 Å². The predicted octanol–water partition coefficient (Wildman–Crippen LogP) is 2.19. The minimum Gasteiger partial charge on any atom is -0.305 e. The lowest BCUT2D eigenvalue weighted by Gasteiger charge is -2.06. The zero-order chi connectivity index (χ0) is 15.5. The summed E-state index contributed by atoms with van der Waals surface area (Å²) >= 11 is 0. The Labute approximate surface area is 125 Å². The fraction of sp³-hybridized carbons (Fsp3) is 0.400. The summed E-state index contributed by atoms with van der Waals surface area (Å²) in [6, 6.07) is 6.95. The Kier molecular flexibility index (Phi) is 4.67. The highest BCUT2D eigenvalue weighted by Gasteiger charge is 2.25. The lowest BCUT2D eigenvalue weighted by molar-refractivity contribution is -0.674.